The van der Waals surface area contributed by atoms with E-state index in [-0.39, 0.29) is 0 Å². The van der Waals surface area contributed by atoms with Gasteiger partial charge >= 0.3 is 0 Å². The van der Waals surface area contributed by atoms with Crippen LogP contribution in [0.1, 0.15) is 22.3 Å². The predicted octanol–water partition coefficient (Wildman–Crippen LogP) is 13.0. The molecule has 0 fully saturated rings. The molecule has 1 aliphatic rings. The Balaban J connectivity index is 1.43. The van der Waals surface area contributed by atoms with Crippen LogP contribution in [0.3, 0.4) is 0 Å². The van der Waals surface area contributed by atoms with E-state index in [9.17, 15) is 0 Å². The lowest BCUT2D eigenvalue weighted by Gasteiger charge is -2.34. The molecule has 9 aromatic rings. The van der Waals surface area contributed by atoms with Crippen molar-refractivity contribution in [3.05, 3.63) is 177 Å². The summed E-state index contributed by atoms with van der Waals surface area (Å²) in [5, 5.41) is 4.33. The van der Waals surface area contributed by atoms with Crippen molar-refractivity contribution in [2.24, 2.45) is 0 Å². The van der Waals surface area contributed by atoms with Gasteiger partial charge in [-0.2, -0.15) is 0 Å². The minimum atomic E-state index is -0.618. The fraction of sp³-hybridized carbons (Fsp3) is 0.0233. The summed E-state index contributed by atoms with van der Waals surface area (Å²) in [5.41, 5.74) is 12.1. The number of fused-ring (bicyclic) bond motifs is 11. The average molecular weight is 732 g/mol. The molecule has 0 bridgehead atoms. The maximum atomic E-state index is 6.87. The maximum absolute atomic E-state index is 6.87. The number of benzene rings is 7. The van der Waals surface area contributed by atoms with E-state index in [1.54, 1.807) is 0 Å². The van der Waals surface area contributed by atoms with Crippen molar-refractivity contribution in [2.45, 2.75) is 5.41 Å². The summed E-state index contributed by atoms with van der Waals surface area (Å²) >= 11 is 8.03. The number of hydrogen-bond donors (Lipinski definition) is 0. The van der Waals surface area contributed by atoms with Gasteiger partial charge < -0.3 is 8.83 Å². The number of rotatable bonds is 3. The van der Waals surface area contributed by atoms with E-state index in [2.05, 4.69) is 165 Å². The van der Waals surface area contributed by atoms with Crippen LogP contribution in [0, 0.1) is 0 Å². The van der Waals surface area contributed by atoms with Gasteiger partial charge in [-0.1, -0.05) is 131 Å². The van der Waals surface area contributed by atoms with Gasteiger partial charge in [0.2, 0.25) is 0 Å². The van der Waals surface area contributed by atoms with Crippen LogP contribution in [-0.2, 0) is 5.41 Å². The van der Waals surface area contributed by atoms with Gasteiger partial charge in [0.05, 0.1) is 9.89 Å². The molecule has 0 saturated heterocycles. The Morgan fingerprint density at radius 3 is 1.72 bits per heavy atom. The van der Waals surface area contributed by atoms with Crippen LogP contribution in [0.4, 0.5) is 0 Å². The molecule has 4 heteroatoms. The van der Waals surface area contributed by atoms with Crippen molar-refractivity contribution in [3.8, 4) is 22.3 Å². The minimum absolute atomic E-state index is 0.618. The molecule has 0 spiro atoms. The van der Waals surface area contributed by atoms with Crippen LogP contribution >= 0.6 is 31.9 Å². The summed E-state index contributed by atoms with van der Waals surface area (Å²) in [7, 11) is 0. The van der Waals surface area contributed by atoms with E-state index in [4.69, 9.17) is 8.83 Å². The standard InChI is InChI=1S/C43H24Br2O2/c44-33-23-32-40(42-37(33)29-18-10-11-19-35(29)46-42)39-31(43(32,27-14-6-2-7-15-27)28-16-8-3-9-17-28)24-34(45)41-38(39)30-21-20-26(22-36(30)47-41)25-12-4-1-5-13-25/h1-24H. The summed E-state index contributed by atoms with van der Waals surface area (Å²) in [6.07, 6.45) is 0. The largest absolute Gasteiger partial charge is 0.455 e. The van der Waals surface area contributed by atoms with Crippen molar-refractivity contribution in [1.29, 1.82) is 0 Å². The number of halogens is 2. The fourth-order valence-electron chi connectivity index (χ4n) is 7.98. The molecular formula is C43H24Br2O2. The van der Waals surface area contributed by atoms with Gasteiger partial charge in [-0.3, -0.25) is 0 Å². The third kappa shape index (κ3) is 3.66. The first-order valence-electron chi connectivity index (χ1n) is 15.6. The highest BCUT2D eigenvalue weighted by atomic mass is 79.9. The van der Waals surface area contributed by atoms with Crippen molar-refractivity contribution in [3.63, 3.8) is 0 Å². The summed E-state index contributed by atoms with van der Waals surface area (Å²) in [6, 6.07) is 51.7. The lowest BCUT2D eigenvalue weighted by Crippen LogP contribution is -2.28. The highest BCUT2D eigenvalue weighted by molar-refractivity contribution is 9.11. The third-order valence-electron chi connectivity index (χ3n) is 9.88. The van der Waals surface area contributed by atoms with E-state index in [0.29, 0.717) is 0 Å². The normalized spacial score (nSPS) is 13.5. The molecule has 7 aromatic carbocycles. The van der Waals surface area contributed by atoms with Crippen molar-refractivity contribution < 1.29 is 8.83 Å². The van der Waals surface area contributed by atoms with Crippen LogP contribution in [0.2, 0.25) is 0 Å². The second kappa shape index (κ2) is 10.0. The zero-order valence-electron chi connectivity index (χ0n) is 24.9. The Bertz CT molecular complexity index is 2650. The van der Waals surface area contributed by atoms with E-state index >= 15 is 0 Å². The van der Waals surface area contributed by atoms with Gasteiger partial charge in [0.1, 0.15) is 22.3 Å². The molecule has 0 atom stereocenters. The van der Waals surface area contributed by atoms with Crippen LogP contribution in [0.5, 0.6) is 0 Å². The Kier molecular flexibility index (Phi) is 5.82. The van der Waals surface area contributed by atoms with E-state index in [1.807, 2.05) is 12.1 Å². The lowest BCUT2D eigenvalue weighted by atomic mass is 9.67. The van der Waals surface area contributed by atoms with Gasteiger partial charge in [-0.25, -0.2) is 0 Å². The Morgan fingerprint density at radius 2 is 1.00 bits per heavy atom. The van der Waals surface area contributed by atoms with Crippen LogP contribution in [-0.4, -0.2) is 0 Å². The molecule has 222 valence electrons. The predicted molar refractivity (Wildman–Crippen MR) is 199 cm³/mol. The highest BCUT2D eigenvalue weighted by Crippen LogP contribution is 2.62. The number of para-hydroxylation sites is 1. The van der Waals surface area contributed by atoms with E-state index in [0.717, 1.165) is 75.1 Å². The molecule has 1 aliphatic carbocycles. The second-order valence-electron chi connectivity index (χ2n) is 12.2. The summed E-state index contributed by atoms with van der Waals surface area (Å²) in [5.74, 6) is 0. The summed E-state index contributed by atoms with van der Waals surface area (Å²) in [6.45, 7) is 0. The van der Waals surface area contributed by atoms with Crippen LogP contribution in [0.25, 0.3) is 66.1 Å². The SMILES string of the molecule is Brc1cc2c(c3c1oc1cc(-c4ccccc4)ccc13)-c1c(cc(Br)c3c1oc1ccccc13)C2(c1ccccc1)c1ccccc1. The molecule has 2 nitrogen and oxygen atoms in total. The van der Waals surface area contributed by atoms with E-state index in [1.165, 1.54) is 22.3 Å². The van der Waals surface area contributed by atoms with Gasteiger partial charge in [-0.05, 0) is 79.6 Å². The summed E-state index contributed by atoms with van der Waals surface area (Å²) < 4.78 is 15.6. The van der Waals surface area contributed by atoms with Crippen LogP contribution in [0.15, 0.2) is 163 Å². The first-order valence-corrected chi connectivity index (χ1v) is 17.2. The zero-order valence-corrected chi connectivity index (χ0v) is 28.1. The number of furan rings is 2. The second-order valence-corrected chi connectivity index (χ2v) is 13.9. The molecule has 0 radical (unpaired) electrons. The first kappa shape index (κ1) is 27.2. The first-order chi connectivity index (χ1) is 23.1. The number of hydrogen-bond acceptors (Lipinski definition) is 2. The average Bonchev–Trinajstić information content (AvgIpc) is 3.78. The van der Waals surface area contributed by atoms with Gasteiger partial charge in [0.25, 0.3) is 0 Å². The lowest BCUT2D eigenvalue weighted by molar-refractivity contribution is 0.666. The van der Waals surface area contributed by atoms with Crippen molar-refractivity contribution >= 4 is 75.7 Å². The van der Waals surface area contributed by atoms with Crippen molar-refractivity contribution in [2.75, 3.05) is 0 Å². The van der Waals surface area contributed by atoms with Crippen molar-refractivity contribution in [1.82, 2.24) is 0 Å². The van der Waals surface area contributed by atoms with Crippen LogP contribution < -0.4 is 0 Å². The molecule has 2 aromatic heterocycles. The van der Waals surface area contributed by atoms with E-state index < -0.39 is 5.41 Å². The molecule has 0 unspecified atom stereocenters. The fourth-order valence-corrected chi connectivity index (χ4v) is 9.11. The molecular weight excluding hydrogens is 708 g/mol. The molecule has 0 saturated carbocycles. The monoisotopic (exact) mass is 730 g/mol. The zero-order chi connectivity index (χ0) is 31.3. The van der Waals surface area contributed by atoms with Gasteiger partial charge in [-0.15, -0.1) is 0 Å². The molecule has 0 aliphatic heterocycles. The summed E-state index contributed by atoms with van der Waals surface area (Å²) in [4.78, 5) is 0. The van der Waals surface area contributed by atoms with Gasteiger partial charge in [0, 0.05) is 37.1 Å². The molecule has 10 rings (SSSR count). The molecule has 0 amide bonds. The molecule has 2 heterocycles. The Labute approximate surface area is 287 Å². The highest BCUT2D eigenvalue weighted by Gasteiger charge is 2.49. The van der Waals surface area contributed by atoms with Gasteiger partial charge in [0.15, 0.2) is 0 Å². The quantitative estimate of drug-likeness (QED) is 0.181. The molecule has 47 heavy (non-hydrogen) atoms. The minimum Gasteiger partial charge on any atom is -0.455 e. The topological polar surface area (TPSA) is 26.3 Å². The maximum Gasteiger partial charge on any atom is 0.150 e. The smallest absolute Gasteiger partial charge is 0.150 e. The third-order valence-corrected chi connectivity index (χ3v) is 11.1. The Morgan fingerprint density at radius 1 is 0.426 bits per heavy atom. The Hall–Kier alpha value is -4.90. The molecule has 0 N–H and O–H groups in total.